The van der Waals surface area contributed by atoms with E-state index in [1.54, 1.807) is 24.0 Å². The van der Waals surface area contributed by atoms with Crippen LogP contribution in [0.3, 0.4) is 0 Å². The SMILES string of the molecule is C[C@@H]1CCC[C@H](N2CCC(c3c(C#N)ccc(Cl)c3F)=CC2=O)c2cc(ccn2)-c2c(cnn2C(F)F)NC1=O. The number of fused-ring (bicyclic) bond motifs is 4. The fourth-order valence-electron chi connectivity index (χ4n) is 5.25. The molecule has 0 unspecified atom stereocenters. The Balaban J connectivity index is 1.56. The first-order chi connectivity index (χ1) is 19.2. The van der Waals surface area contributed by atoms with Crippen molar-refractivity contribution >= 4 is 34.7 Å². The van der Waals surface area contributed by atoms with Crippen molar-refractivity contribution in [1.29, 1.82) is 5.26 Å². The monoisotopic (exact) mass is 568 g/mol. The Kier molecular flexibility index (Phi) is 7.63. The maximum Gasteiger partial charge on any atom is 0.333 e. The van der Waals surface area contributed by atoms with Crippen molar-refractivity contribution in [2.75, 3.05) is 11.9 Å². The number of nitriles is 1. The van der Waals surface area contributed by atoms with Gasteiger partial charge in [0.25, 0.3) is 0 Å². The number of halogens is 4. The molecule has 4 heterocycles. The molecule has 3 aromatic rings. The summed E-state index contributed by atoms with van der Waals surface area (Å²) in [5.41, 5.74) is 1.49. The molecule has 2 aliphatic heterocycles. The molecular weight excluding hydrogens is 545 g/mol. The molecule has 12 heteroatoms. The Labute approximate surface area is 233 Å². The van der Waals surface area contributed by atoms with E-state index in [0.717, 1.165) is 0 Å². The van der Waals surface area contributed by atoms with Crippen LogP contribution in [0.15, 0.2) is 42.7 Å². The minimum atomic E-state index is -2.95. The van der Waals surface area contributed by atoms with E-state index in [1.807, 2.05) is 6.07 Å². The van der Waals surface area contributed by atoms with Gasteiger partial charge < -0.3 is 10.2 Å². The molecule has 2 aromatic heterocycles. The number of alkyl halides is 2. The highest BCUT2D eigenvalue weighted by atomic mass is 35.5. The topological polar surface area (TPSA) is 104 Å². The van der Waals surface area contributed by atoms with Gasteiger partial charge in [-0.2, -0.15) is 19.1 Å². The summed E-state index contributed by atoms with van der Waals surface area (Å²) in [6.07, 6.45) is 5.75. The number of nitrogens with one attached hydrogen (secondary N) is 1. The van der Waals surface area contributed by atoms with Crippen LogP contribution in [0.25, 0.3) is 16.8 Å². The second-order valence-corrected chi connectivity index (χ2v) is 10.2. The highest BCUT2D eigenvalue weighted by Gasteiger charge is 2.32. The van der Waals surface area contributed by atoms with E-state index in [2.05, 4.69) is 15.4 Å². The van der Waals surface area contributed by atoms with Gasteiger partial charge >= 0.3 is 6.55 Å². The van der Waals surface area contributed by atoms with E-state index in [0.29, 0.717) is 40.8 Å². The predicted octanol–water partition coefficient (Wildman–Crippen LogP) is 6.12. The standard InChI is InChI=1S/C28H24ClF3N6O2/c1-15-3-2-4-22(37-10-8-16(12-23(37)39)24-18(13-33)5-6-19(29)25(24)30)20-11-17(7-9-34-20)26-21(36-27(15)40)14-35-38(26)28(31)32/h5-7,9,11-12,14-15,22,28H,2-4,8,10H2,1H3,(H,36,40)/t15-,22+/m1/s1. The van der Waals surface area contributed by atoms with Gasteiger partial charge in [0.05, 0.1) is 46.0 Å². The van der Waals surface area contributed by atoms with Gasteiger partial charge in [0.15, 0.2) is 5.82 Å². The quantitative estimate of drug-likeness (QED) is 0.410. The summed E-state index contributed by atoms with van der Waals surface area (Å²) in [6.45, 7) is -0.997. The van der Waals surface area contributed by atoms with Crippen LogP contribution < -0.4 is 5.32 Å². The van der Waals surface area contributed by atoms with Crippen LogP contribution in [0.1, 0.15) is 62.0 Å². The zero-order valence-corrected chi connectivity index (χ0v) is 22.1. The summed E-state index contributed by atoms with van der Waals surface area (Å²) < 4.78 is 43.1. The number of amides is 2. The van der Waals surface area contributed by atoms with Crippen LogP contribution in [0.4, 0.5) is 18.9 Å². The van der Waals surface area contributed by atoms with Gasteiger partial charge in [-0.1, -0.05) is 24.9 Å². The van der Waals surface area contributed by atoms with Gasteiger partial charge in [-0.15, -0.1) is 0 Å². The number of nitrogens with zero attached hydrogens (tertiary/aromatic N) is 5. The lowest BCUT2D eigenvalue weighted by Gasteiger charge is -2.34. The third kappa shape index (κ3) is 5.07. The first kappa shape index (κ1) is 27.4. The van der Waals surface area contributed by atoms with Crippen LogP contribution in [0, 0.1) is 23.1 Å². The second-order valence-electron chi connectivity index (χ2n) is 9.78. The molecule has 2 atom stereocenters. The van der Waals surface area contributed by atoms with Crippen LogP contribution in [-0.4, -0.2) is 38.0 Å². The Morgan fingerprint density at radius 1 is 1.23 bits per heavy atom. The largest absolute Gasteiger partial charge is 0.333 e. The van der Waals surface area contributed by atoms with Crippen molar-refractivity contribution in [2.45, 2.75) is 45.2 Å². The Morgan fingerprint density at radius 3 is 2.75 bits per heavy atom. The normalized spacial score (nSPS) is 19.7. The molecule has 1 N–H and O–H groups in total. The van der Waals surface area contributed by atoms with E-state index >= 15 is 0 Å². The highest BCUT2D eigenvalue weighted by Crippen LogP contribution is 2.38. The fraction of sp³-hybridized carbons (Fsp3) is 0.321. The van der Waals surface area contributed by atoms with Crippen LogP contribution in [-0.2, 0) is 9.59 Å². The number of benzene rings is 1. The molecule has 2 aliphatic rings. The van der Waals surface area contributed by atoms with E-state index in [-0.39, 0.29) is 46.4 Å². The molecule has 5 rings (SSSR count). The minimum absolute atomic E-state index is 0.00874. The summed E-state index contributed by atoms with van der Waals surface area (Å²) in [5.74, 6) is -1.90. The lowest BCUT2D eigenvalue weighted by atomic mass is 9.92. The number of anilines is 1. The van der Waals surface area contributed by atoms with Crippen LogP contribution >= 0.6 is 11.6 Å². The summed E-state index contributed by atoms with van der Waals surface area (Å²) in [7, 11) is 0. The average Bonchev–Trinajstić information content (AvgIpc) is 3.36. The van der Waals surface area contributed by atoms with Crippen molar-refractivity contribution in [3.8, 4) is 17.3 Å². The maximum atomic E-state index is 14.9. The van der Waals surface area contributed by atoms with Gasteiger partial charge in [-0.3, -0.25) is 14.6 Å². The average molecular weight is 569 g/mol. The molecule has 2 amide bonds. The molecule has 0 aliphatic carbocycles. The predicted molar refractivity (Wildman–Crippen MR) is 142 cm³/mol. The van der Waals surface area contributed by atoms with Crippen molar-refractivity contribution in [3.05, 3.63) is 70.4 Å². The Bertz CT molecular complexity index is 1560. The molecule has 0 saturated heterocycles. The second kappa shape index (κ2) is 11.1. The molecule has 1 aromatic carbocycles. The maximum absolute atomic E-state index is 14.9. The molecule has 2 bridgehead atoms. The van der Waals surface area contributed by atoms with Crippen molar-refractivity contribution < 1.29 is 22.8 Å². The first-order valence-electron chi connectivity index (χ1n) is 12.7. The smallest absolute Gasteiger partial charge is 0.330 e. The zero-order chi connectivity index (χ0) is 28.6. The lowest BCUT2D eigenvalue weighted by molar-refractivity contribution is -0.129. The molecule has 8 nitrogen and oxygen atoms in total. The molecule has 0 fully saturated rings. The molecule has 0 radical (unpaired) electrons. The van der Waals surface area contributed by atoms with Crippen LogP contribution in [0.5, 0.6) is 0 Å². The highest BCUT2D eigenvalue weighted by molar-refractivity contribution is 6.31. The van der Waals surface area contributed by atoms with E-state index < -0.39 is 30.2 Å². The van der Waals surface area contributed by atoms with Crippen molar-refractivity contribution in [1.82, 2.24) is 19.7 Å². The van der Waals surface area contributed by atoms with Gasteiger partial charge in [0.2, 0.25) is 11.8 Å². The summed E-state index contributed by atoms with van der Waals surface area (Å²) in [4.78, 5) is 32.4. The molecule has 40 heavy (non-hydrogen) atoms. The molecule has 0 spiro atoms. The summed E-state index contributed by atoms with van der Waals surface area (Å²) in [5, 5.41) is 15.8. The molecule has 0 saturated carbocycles. The van der Waals surface area contributed by atoms with Gasteiger partial charge in [0.1, 0.15) is 0 Å². The number of hydrogen-bond donors (Lipinski definition) is 1. The third-order valence-electron chi connectivity index (χ3n) is 7.31. The van der Waals surface area contributed by atoms with E-state index in [4.69, 9.17) is 11.6 Å². The molecule has 206 valence electrons. The Morgan fingerprint density at radius 2 is 2.02 bits per heavy atom. The number of aromatic nitrogens is 3. The van der Waals surface area contributed by atoms with Crippen molar-refractivity contribution in [3.63, 3.8) is 0 Å². The Hall–Kier alpha value is -4.17. The lowest BCUT2D eigenvalue weighted by Crippen LogP contribution is -2.38. The van der Waals surface area contributed by atoms with E-state index in [9.17, 15) is 28.0 Å². The van der Waals surface area contributed by atoms with Gasteiger partial charge in [-0.25, -0.2) is 9.07 Å². The third-order valence-corrected chi connectivity index (χ3v) is 7.60. The molecular formula is C28H24ClF3N6O2. The van der Waals surface area contributed by atoms with E-state index in [1.165, 1.54) is 30.6 Å². The number of carbonyl (C=O) groups is 2. The van der Waals surface area contributed by atoms with Crippen LogP contribution in [0.2, 0.25) is 5.02 Å². The fourth-order valence-corrected chi connectivity index (χ4v) is 5.41. The van der Waals surface area contributed by atoms with Gasteiger partial charge in [-0.05, 0) is 49.1 Å². The number of rotatable bonds is 3. The van der Waals surface area contributed by atoms with Crippen molar-refractivity contribution in [2.24, 2.45) is 5.92 Å². The van der Waals surface area contributed by atoms with Gasteiger partial charge in [0, 0.05) is 35.9 Å². The summed E-state index contributed by atoms with van der Waals surface area (Å²) in [6, 6.07) is 7.29. The first-order valence-corrected chi connectivity index (χ1v) is 13.1. The number of carbonyl (C=O) groups excluding carboxylic acids is 2. The number of hydrogen-bond acceptors (Lipinski definition) is 5. The zero-order valence-electron chi connectivity index (χ0n) is 21.4. The number of pyridine rings is 1. The minimum Gasteiger partial charge on any atom is -0.330 e. The summed E-state index contributed by atoms with van der Waals surface area (Å²) >= 11 is 5.96.